The molecule has 34 heavy (non-hydrogen) atoms. The van der Waals surface area contributed by atoms with Crippen molar-refractivity contribution >= 4 is 28.8 Å². The van der Waals surface area contributed by atoms with Crippen LogP contribution < -0.4 is 15.0 Å². The van der Waals surface area contributed by atoms with Crippen LogP contribution in [0.25, 0.3) is 16.8 Å². The number of ether oxygens (including phenoxy) is 1. The van der Waals surface area contributed by atoms with Crippen LogP contribution >= 0.6 is 11.6 Å². The van der Waals surface area contributed by atoms with Crippen molar-refractivity contribution in [1.29, 1.82) is 0 Å². The Morgan fingerprint density at radius 1 is 1.21 bits per heavy atom. The molecule has 0 radical (unpaired) electrons. The van der Waals surface area contributed by atoms with Crippen molar-refractivity contribution < 1.29 is 9.53 Å². The Morgan fingerprint density at radius 3 is 2.94 bits per heavy atom. The second kappa shape index (κ2) is 9.73. The van der Waals surface area contributed by atoms with Gasteiger partial charge in [0, 0.05) is 42.6 Å². The molecule has 3 heterocycles. The molecule has 1 fully saturated rings. The molecule has 8 heteroatoms. The summed E-state index contributed by atoms with van der Waals surface area (Å²) in [6.45, 7) is 1.95. The first-order chi connectivity index (χ1) is 16.6. The van der Waals surface area contributed by atoms with Crippen LogP contribution in [0.3, 0.4) is 0 Å². The molecule has 2 aromatic heterocycles. The summed E-state index contributed by atoms with van der Waals surface area (Å²) in [5.74, 6) is 1.59. The summed E-state index contributed by atoms with van der Waals surface area (Å²) in [6, 6.07) is 17.4. The number of piperidine rings is 1. The summed E-state index contributed by atoms with van der Waals surface area (Å²) < 4.78 is 7.11. The quantitative estimate of drug-likeness (QED) is 0.441. The maximum absolute atomic E-state index is 13.0. The van der Waals surface area contributed by atoms with Crippen LogP contribution in [0.5, 0.6) is 5.75 Å². The molecule has 0 spiro atoms. The Kier molecular flexibility index (Phi) is 6.36. The molecule has 5 rings (SSSR count). The summed E-state index contributed by atoms with van der Waals surface area (Å²) >= 11 is 6.17. The molecule has 4 aromatic rings. The maximum atomic E-state index is 13.0. The number of hydrogen-bond donors (Lipinski definition) is 1. The van der Waals surface area contributed by atoms with Gasteiger partial charge in [0.05, 0.1) is 18.7 Å². The van der Waals surface area contributed by atoms with Gasteiger partial charge in [0.1, 0.15) is 11.3 Å². The molecule has 174 valence electrons. The number of hydrogen-bond acceptors (Lipinski definition) is 5. The molecule has 1 aliphatic rings. The number of halogens is 1. The first kappa shape index (κ1) is 22.2. The van der Waals surface area contributed by atoms with Crippen LogP contribution in [0.1, 0.15) is 18.4 Å². The molecule has 1 saturated heterocycles. The second-order valence-electron chi connectivity index (χ2n) is 8.48. The number of carbonyl (C=O) groups excluding carboxylic acids is 1. The SMILES string of the molecule is COc1cccc(CNC(=O)[C@H]2CCCN(c3nccn4nc(-c5cccc(Cl)c5)cc34)C2)c1. The third-order valence-electron chi connectivity index (χ3n) is 6.18. The van der Waals surface area contributed by atoms with Crippen LogP contribution in [0, 0.1) is 5.92 Å². The minimum Gasteiger partial charge on any atom is -0.497 e. The number of rotatable bonds is 6. The van der Waals surface area contributed by atoms with Gasteiger partial charge in [-0.2, -0.15) is 5.10 Å². The van der Waals surface area contributed by atoms with Gasteiger partial charge in [-0.1, -0.05) is 35.9 Å². The smallest absolute Gasteiger partial charge is 0.225 e. The predicted octanol–water partition coefficient (Wildman–Crippen LogP) is 4.59. The van der Waals surface area contributed by atoms with E-state index in [1.54, 1.807) is 13.3 Å². The van der Waals surface area contributed by atoms with Crippen molar-refractivity contribution in [2.75, 3.05) is 25.1 Å². The second-order valence-corrected chi connectivity index (χ2v) is 8.91. The van der Waals surface area contributed by atoms with Crippen LogP contribution in [0.4, 0.5) is 5.82 Å². The lowest BCUT2D eigenvalue weighted by Gasteiger charge is -2.33. The highest BCUT2D eigenvalue weighted by molar-refractivity contribution is 6.30. The van der Waals surface area contributed by atoms with E-state index in [9.17, 15) is 4.79 Å². The fourth-order valence-electron chi connectivity index (χ4n) is 4.44. The van der Waals surface area contributed by atoms with E-state index in [4.69, 9.17) is 21.4 Å². The van der Waals surface area contributed by atoms with Gasteiger partial charge in [-0.05, 0) is 48.7 Å². The lowest BCUT2D eigenvalue weighted by atomic mass is 9.97. The lowest BCUT2D eigenvalue weighted by Crippen LogP contribution is -2.43. The Bertz CT molecular complexity index is 1320. The molecule has 1 aliphatic heterocycles. The van der Waals surface area contributed by atoms with E-state index in [-0.39, 0.29) is 11.8 Å². The van der Waals surface area contributed by atoms with Crippen molar-refractivity contribution in [2.45, 2.75) is 19.4 Å². The molecule has 0 bridgehead atoms. The third kappa shape index (κ3) is 4.70. The average Bonchev–Trinajstić information content (AvgIpc) is 3.32. The lowest BCUT2D eigenvalue weighted by molar-refractivity contribution is -0.125. The highest BCUT2D eigenvalue weighted by Gasteiger charge is 2.27. The zero-order valence-electron chi connectivity index (χ0n) is 18.9. The van der Waals surface area contributed by atoms with E-state index in [1.807, 2.05) is 65.3 Å². The Morgan fingerprint density at radius 2 is 2.09 bits per heavy atom. The summed E-state index contributed by atoms with van der Waals surface area (Å²) in [6.07, 6.45) is 5.38. The van der Waals surface area contributed by atoms with Gasteiger partial charge in [0.25, 0.3) is 0 Å². The molecular formula is C26H26ClN5O2. The van der Waals surface area contributed by atoms with Crippen LogP contribution in [-0.4, -0.2) is 40.7 Å². The number of nitrogens with zero attached hydrogens (tertiary/aromatic N) is 4. The number of nitrogens with one attached hydrogen (secondary N) is 1. The standard InChI is InChI=1S/C26H26ClN5O2/c1-34-22-9-2-5-18(13-22)16-29-26(33)20-7-4-11-31(17-20)25-24-15-23(30-32(24)12-10-28-25)19-6-3-8-21(27)14-19/h2-3,5-6,8-10,12-15,20H,4,7,11,16-17H2,1H3,(H,29,33)/t20-/m0/s1. The van der Waals surface area contributed by atoms with E-state index < -0.39 is 0 Å². The van der Waals surface area contributed by atoms with Crippen LogP contribution in [-0.2, 0) is 11.3 Å². The minimum atomic E-state index is -0.100. The molecule has 0 aliphatic carbocycles. The number of benzene rings is 2. The first-order valence-corrected chi connectivity index (χ1v) is 11.7. The van der Waals surface area contributed by atoms with Crippen molar-refractivity contribution in [2.24, 2.45) is 5.92 Å². The van der Waals surface area contributed by atoms with Gasteiger partial charge >= 0.3 is 0 Å². The molecular weight excluding hydrogens is 450 g/mol. The molecule has 1 atom stereocenters. The molecule has 7 nitrogen and oxygen atoms in total. The summed E-state index contributed by atoms with van der Waals surface area (Å²) in [5.41, 5.74) is 3.71. The summed E-state index contributed by atoms with van der Waals surface area (Å²) in [7, 11) is 1.64. The van der Waals surface area contributed by atoms with Crippen LogP contribution in [0.2, 0.25) is 5.02 Å². The Labute approximate surface area is 203 Å². The summed E-state index contributed by atoms with van der Waals surface area (Å²) in [4.78, 5) is 19.8. The van der Waals surface area contributed by atoms with Gasteiger partial charge in [0.2, 0.25) is 5.91 Å². The number of aromatic nitrogens is 3. The fraction of sp³-hybridized carbons (Fsp3) is 0.269. The normalized spacial score (nSPS) is 15.9. The molecule has 1 N–H and O–H groups in total. The molecule has 0 unspecified atom stereocenters. The van der Waals surface area contributed by atoms with Gasteiger partial charge in [-0.3, -0.25) is 4.79 Å². The highest BCUT2D eigenvalue weighted by Crippen LogP contribution is 2.29. The van der Waals surface area contributed by atoms with Gasteiger partial charge < -0.3 is 15.0 Å². The van der Waals surface area contributed by atoms with E-state index in [0.29, 0.717) is 18.1 Å². The predicted molar refractivity (Wildman–Crippen MR) is 133 cm³/mol. The van der Waals surface area contributed by atoms with E-state index >= 15 is 0 Å². The summed E-state index contributed by atoms with van der Waals surface area (Å²) in [5, 5.41) is 8.47. The van der Waals surface area contributed by atoms with E-state index in [2.05, 4.69) is 15.2 Å². The number of methoxy groups -OCH3 is 1. The van der Waals surface area contributed by atoms with Crippen molar-refractivity contribution in [1.82, 2.24) is 19.9 Å². The van der Waals surface area contributed by atoms with Gasteiger partial charge in [0.15, 0.2) is 5.82 Å². The zero-order chi connectivity index (χ0) is 23.5. The molecule has 0 saturated carbocycles. The topological polar surface area (TPSA) is 71.8 Å². The first-order valence-electron chi connectivity index (χ1n) is 11.4. The number of anilines is 1. The van der Waals surface area contributed by atoms with Crippen molar-refractivity contribution in [3.63, 3.8) is 0 Å². The minimum absolute atomic E-state index is 0.0626. The number of amides is 1. The monoisotopic (exact) mass is 475 g/mol. The largest absolute Gasteiger partial charge is 0.497 e. The number of carbonyl (C=O) groups is 1. The van der Waals surface area contributed by atoms with E-state index in [0.717, 1.165) is 53.3 Å². The number of fused-ring (bicyclic) bond motifs is 1. The Hall–Kier alpha value is -3.58. The fourth-order valence-corrected chi connectivity index (χ4v) is 4.63. The van der Waals surface area contributed by atoms with Crippen molar-refractivity contribution in [3.05, 3.63) is 77.6 Å². The average molecular weight is 476 g/mol. The molecule has 1 amide bonds. The van der Waals surface area contributed by atoms with Gasteiger partial charge in [-0.15, -0.1) is 0 Å². The molecule has 2 aromatic carbocycles. The highest BCUT2D eigenvalue weighted by atomic mass is 35.5. The maximum Gasteiger partial charge on any atom is 0.225 e. The van der Waals surface area contributed by atoms with E-state index in [1.165, 1.54) is 0 Å². The van der Waals surface area contributed by atoms with Gasteiger partial charge in [-0.25, -0.2) is 9.50 Å². The third-order valence-corrected chi connectivity index (χ3v) is 6.42. The van der Waals surface area contributed by atoms with Crippen molar-refractivity contribution in [3.8, 4) is 17.0 Å². The Balaban J connectivity index is 1.32. The zero-order valence-corrected chi connectivity index (χ0v) is 19.7. The van der Waals surface area contributed by atoms with Crippen LogP contribution in [0.15, 0.2) is 67.0 Å².